The van der Waals surface area contributed by atoms with Crippen LogP contribution in [0.3, 0.4) is 0 Å². The number of alkyl halides is 1. The van der Waals surface area contributed by atoms with Gasteiger partial charge in [-0.15, -0.1) is 0 Å². The normalized spacial score (nSPS) is 9.73. The van der Waals surface area contributed by atoms with Crippen LogP contribution in [0.15, 0.2) is 24.3 Å². The summed E-state index contributed by atoms with van der Waals surface area (Å²) >= 11 is 3.17. The van der Waals surface area contributed by atoms with Crippen LogP contribution in [-0.2, 0) is 0 Å². The van der Waals surface area contributed by atoms with Gasteiger partial charge in [-0.25, -0.2) is 0 Å². The van der Waals surface area contributed by atoms with E-state index < -0.39 is 0 Å². The van der Waals surface area contributed by atoms with Crippen molar-refractivity contribution in [2.45, 2.75) is 13.3 Å². The molecule has 0 spiro atoms. The first-order valence-electron chi connectivity index (χ1n) is 4.85. The molecule has 0 radical (unpaired) electrons. The van der Waals surface area contributed by atoms with Crippen molar-refractivity contribution in [3.05, 3.63) is 29.8 Å². The molecule has 0 aliphatic heterocycles. The third-order valence-electron chi connectivity index (χ3n) is 1.88. The van der Waals surface area contributed by atoms with Crippen molar-refractivity contribution in [2.75, 3.05) is 12.1 Å². The second-order valence-corrected chi connectivity index (χ2v) is 3.46. The van der Waals surface area contributed by atoms with Crippen LogP contribution in [0.25, 0.3) is 0 Å². The number of benzene rings is 1. The van der Waals surface area contributed by atoms with Crippen molar-refractivity contribution in [3.8, 4) is 5.75 Å². The number of rotatable bonds is 5. The SMILES string of the molecule is CCCNC(=O)c1ccccc1OCBr. The van der Waals surface area contributed by atoms with Gasteiger partial charge in [0, 0.05) is 6.54 Å². The molecule has 0 aliphatic rings. The number of carbonyl (C=O) groups excluding carboxylic acids is 1. The predicted molar refractivity (Wildman–Crippen MR) is 63.5 cm³/mol. The van der Waals surface area contributed by atoms with Crippen molar-refractivity contribution in [2.24, 2.45) is 0 Å². The van der Waals surface area contributed by atoms with E-state index in [0.717, 1.165) is 6.42 Å². The maximum Gasteiger partial charge on any atom is 0.255 e. The van der Waals surface area contributed by atoms with E-state index in [2.05, 4.69) is 21.2 Å². The summed E-state index contributed by atoms with van der Waals surface area (Å²) in [6.07, 6.45) is 0.924. The fourth-order valence-electron chi connectivity index (χ4n) is 1.17. The molecule has 0 aromatic heterocycles. The minimum atomic E-state index is -0.0894. The molecule has 4 heteroatoms. The van der Waals surface area contributed by atoms with E-state index in [0.29, 0.717) is 23.4 Å². The highest BCUT2D eigenvalue weighted by atomic mass is 79.9. The smallest absolute Gasteiger partial charge is 0.255 e. The lowest BCUT2D eigenvalue weighted by Gasteiger charge is -2.09. The highest BCUT2D eigenvalue weighted by molar-refractivity contribution is 9.09. The van der Waals surface area contributed by atoms with Gasteiger partial charge in [-0.05, 0) is 34.5 Å². The van der Waals surface area contributed by atoms with Crippen LogP contribution in [0.4, 0.5) is 0 Å². The van der Waals surface area contributed by atoms with Crippen LogP contribution in [-0.4, -0.2) is 18.0 Å². The van der Waals surface area contributed by atoms with Crippen LogP contribution in [0, 0.1) is 0 Å². The molecule has 0 saturated carbocycles. The molecule has 3 nitrogen and oxygen atoms in total. The monoisotopic (exact) mass is 271 g/mol. The van der Waals surface area contributed by atoms with Crippen LogP contribution in [0.5, 0.6) is 5.75 Å². The maximum absolute atomic E-state index is 11.7. The number of para-hydroxylation sites is 1. The van der Waals surface area contributed by atoms with Gasteiger partial charge < -0.3 is 10.1 Å². The largest absolute Gasteiger partial charge is 0.482 e. The van der Waals surface area contributed by atoms with Gasteiger partial charge in [-0.1, -0.05) is 19.1 Å². The van der Waals surface area contributed by atoms with Crippen molar-refractivity contribution >= 4 is 21.8 Å². The van der Waals surface area contributed by atoms with Gasteiger partial charge in [0.25, 0.3) is 5.91 Å². The summed E-state index contributed by atoms with van der Waals surface area (Å²) in [5, 5.41) is 2.81. The average Bonchev–Trinajstić information content (AvgIpc) is 2.27. The Balaban J connectivity index is 2.77. The van der Waals surface area contributed by atoms with Crippen LogP contribution in [0.1, 0.15) is 23.7 Å². The number of halogens is 1. The molecule has 0 atom stereocenters. The molecule has 0 heterocycles. The second-order valence-electron chi connectivity index (χ2n) is 3.01. The Hall–Kier alpha value is -1.03. The Bertz CT molecular complexity index is 328. The topological polar surface area (TPSA) is 38.3 Å². The lowest BCUT2D eigenvalue weighted by molar-refractivity contribution is 0.0950. The van der Waals surface area contributed by atoms with E-state index in [1.165, 1.54) is 0 Å². The summed E-state index contributed by atoms with van der Waals surface area (Å²) in [6.45, 7) is 2.70. The Morgan fingerprint density at radius 3 is 2.87 bits per heavy atom. The summed E-state index contributed by atoms with van der Waals surface area (Å²) in [5.74, 6) is 0.511. The first kappa shape index (κ1) is 12.0. The first-order valence-corrected chi connectivity index (χ1v) is 5.97. The molecule has 1 aromatic carbocycles. The standard InChI is InChI=1S/C11H14BrNO2/c1-2-7-13-11(14)9-5-3-4-6-10(9)15-8-12/h3-6H,2,7-8H2,1H3,(H,13,14). The zero-order chi connectivity index (χ0) is 11.1. The van der Waals surface area contributed by atoms with Crippen LogP contribution < -0.4 is 10.1 Å². The molecule has 0 aliphatic carbocycles. The van der Waals surface area contributed by atoms with Gasteiger partial charge in [0.05, 0.1) is 5.56 Å². The zero-order valence-electron chi connectivity index (χ0n) is 8.63. The summed E-state index contributed by atoms with van der Waals surface area (Å²) in [5.41, 5.74) is 0.954. The highest BCUT2D eigenvalue weighted by Crippen LogP contribution is 2.18. The molecule has 1 amide bonds. The van der Waals surface area contributed by atoms with Crippen LogP contribution >= 0.6 is 15.9 Å². The zero-order valence-corrected chi connectivity index (χ0v) is 10.2. The molecule has 1 N–H and O–H groups in total. The number of hydrogen-bond acceptors (Lipinski definition) is 2. The number of amides is 1. The molecule has 15 heavy (non-hydrogen) atoms. The van der Waals surface area contributed by atoms with Crippen molar-refractivity contribution < 1.29 is 9.53 Å². The minimum absolute atomic E-state index is 0.0894. The minimum Gasteiger partial charge on any atom is -0.482 e. The van der Waals surface area contributed by atoms with E-state index in [4.69, 9.17) is 4.74 Å². The molecule has 82 valence electrons. The summed E-state index contributed by atoms with van der Waals surface area (Å²) in [4.78, 5) is 11.7. The molecular weight excluding hydrogens is 258 g/mol. The Morgan fingerprint density at radius 2 is 2.20 bits per heavy atom. The van der Waals surface area contributed by atoms with E-state index in [1.807, 2.05) is 19.1 Å². The lowest BCUT2D eigenvalue weighted by atomic mass is 10.2. The molecule has 0 fully saturated rings. The number of hydrogen-bond donors (Lipinski definition) is 1. The van der Waals surface area contributed by atoms with E-state index in [1.54, 1.807) is 12.1 Å². The van der Waals surface area contributed by atoms with Gasteiger partial charge in [-0.2, -0.15) is 0 Å². The first-order chi connectivity index (χ1) is 7.29. The van der Waals surface area contributed by atoms with E-state index in [-0.39, 0.29) is 5.91 Å². The molecule has 0 unspecified atom stereocenters. The fourth-order valence-corrected chi connectivity index (χ4v) is 1.42. The van der Waals surface area contributed by atoms with Crippen molar-refractivity contribution in [1.82, 2.24) is 5.32 Å². The molecular formula is C11H14BrNO2. The van der Waals surface area contributed by atoms with E-state index in [9.17, 15) is 4.79 Å². The number of ether oxygens (including phenoxy) is 1. The number of nitrogens with one attached hydrogen (secondary N) is 1. The van der Waals surface area contributed by atoms with Gasteiger partial charge >= 0.3 is 0 Å². The van der Waals surface area contributed by atoms with Gasteiger partial charge in [0.15, 0.2) is 0 Å². The highest BCUT2D eigenvalue weighted by Gasteiger charge is 2.10. The third-order valence-corrected chi connectivity index (χ3v) is 2.11. The van der Waals surface area contributed by atoms with Gasteiger partial charge in [0.2, 0.25) is 0 Å². The average molecular weight is 272 g/mol. The maximum atomic E-state index is 11.7. The van der Waals surface area contributed by atoms with Gasteiger partial charge in [-0.3, -0.25) is 4.79 Å². The second kappa shape index (κ2) is 6.45. The predicted octanol–water partition coefficient (Wildman–Crippen LogP) is 2.56. The summed E-state index contributed by atoms with van der Waals surface area (Å²) in [6, 6.07) is 7.20. The number of carbonyl (C=O) groups is 1. The van der Waals surface area contributed by atoms with Crippen LogP contribution in [0.2, 0.25) is 0 Å². The van der Waals surface area contributed by atoms with Crippen molar-refractivity contribution in [1.29, 1.82) is 0 Å². The quantitative estimate of drug-likeness (QED) is 0.836. The Kier molecular flexibility index (Phi) is 5.18. The van der Waals surface area contributed by atoms with E-state index >= 15 is 0 Å². The Morgan fingerprint density at radius 1 is 1.47 bits per heavy atom. The summed E-state index contributed by atoms with van der Waals surface area (Å²) in [7, 11) is 0. The van der Waals surface area contributed by atoms with Crippen molar-refractivity contribution in [3.63, 3.8) is 0 Å². The molecule has 0 saturated heterocycles. The third kappa shape index (κ3) is 3.55. The summed E-state index contributed by atoms with van der Waals surface area (Å²) < 4.78 is 5.29. The Labute approximate surface area is 97.9 Å². The molecule has 1 rings (SSSR count). The fraction of sp³-hybridized carbons (Fsp3) is 0.364. The lowest BCUT2D eigenvalue weighted by Crippen LogP contribution is -2.24. The van der Waals surface area contributed by atoms with Gasteiger partial charge in [0.1, 0.15) is 11.3 Å². The molecule has 1 aromatic rings. The molecule has 0 bridgehead atoms.